The lowest BCUT2D eigenvalue weighted by Gasteiger charge is -2.15. The molecule has 0 unspecified atom stereocenters. The topological polar surface area (TPSA) is 48.4 Å². The summed E-state index contributed by atoms with van der Waals surface area (Å²) in [6.45, 7) is 1.92. The van der Waals surface area contributed by atoms with E-state index in [0.717, 1.165) is 36.0 Å². The molecule has 0 saturated carbocycles. The molecule has 0 bridgehead atoms. The third kappa shape index (κ3) is 5.24. The molecular weight excluding hydrogens is 483 g/mol. The summed E-state index contributed by atoms with van der Waals surface area (Å²) in [5, 5.41) is 0.696. The molecule has 0 radical (unpaired) electrons. The van der Waals surface area contributed by atoms with Gasteiger partial charge in [-0.1, -0.05) is 35.3 Å². The van der Waals surface area contributed by atoms with Crippen molar-refractivity contribution >= 4 is 40.3 Å². The van der Waals surface area contributed by atoms with Gasteiger partial charge in [-0.2, -0.15) is 0 Å². The van der Waals surface area contributed by atoms with Crippen molar-refractivity contribution in [2.45, 2.75) is 32.8 Å². The summed E-state index contributed by atoms with van der Waals surface area (Å²) >= 11 is 12.4. The normalized spacial score (nSPS) is 13.3. The van der Waals surface area contributed by atoms with Crippen molar-refractivity contribution in [3.05, 3.63) is 92.6 Å². The summed E-state index contributed by atoms with van der Waals surface area (Å²) in [6.07, 6.45) is 3.82. The number of nitrogens with zero attached hydrogens (tertiary/aromatic N) is 1. The number of allylic oxidation sites excluding steroid dienone is 2. The van der Waals surface area contributed by atoms with Crippen LogP contribution in [0.25, 0.3) is 11.1 Å². The molecule has 4 nitrogen and oxygen atoms in total. The molecule has 0 amide bonds. The first-order chi connectivity index (χ1) is 16.4. The number of pyridine rings is 1. The highest BCUT2D eigenvalue weighted by Gasteiger charge is 2.24. The van der Waals surface area contributed by atoms with Crippen molar-refractivity contribution in [2.24, 2.45) is 0 Å². The Morgan fingerprint density at radius 1 is 1.06 bits per heavy atom. The fourth-order valence-electron chi connectivity index (χ4n) is 3.98. The number of carbonyl (C=O) groups is 1. The van der Waals surface area contributed by atoms with Gasteiger partial charge in [-0.15, -0.1) is 0 Å². The summed E-state index contributed by atoms with van der Waals surface area (Å²) in [5.74, 6) is -1.41. The van der Waals surface area contributed by atoms with Gasteiger partial charge in [0.25, 0.3) is 0 Å². The van der Waals surface area contributed by atoms with Crippen molar-refractivity contribution in [3.8, 4) is 5.88 Å². The Morgan fingerprint density at radius 3 is 2.62 bits per heavy atom. The van der Waals surface area contributed by atoms with Gasteiger partial charge in [0.05, 0.1) is 22.2 Å². The molecule has 0 spiro atoms. The van der Waals surface area contributed by atoms with Crippen LogP contribution in [-0.2, 0) is 11.3 Å². The van der Waals surface area contributed by atoms with E-state index >= 15 is 0 Å². The first-order valence-corrected chi connectivity index (χ1v) is 11.5. The van der Waals surface area contributed by atoms with Crippen molar-refractivity contribution < 1.29 is 23.0 Å². The lowest BCUT2D eigenvalue weighted by Crippen LogP contribution is -2.08. The summed E-state index contributed by atoms with van der Waals surface area (Å²) < 4.78 is 38.6. The second-order valence-electron chi connectivity index (χ2n) is 7.76. The molecule has 3 aromatic rings. The van der Waals surface area contributed by atoms with E-state index in [-0.39, 0.29) is 23.8 Å². The van der Waals surface area contributed by atoms with Gasteiger partial charge in [-0.05, 0) is 73.2 Å². The zero-order valence-electron chi connectivity index (χ0n) is 18.3. The van der Waals surface area contributed by atoms with Crippen molar-refractivity contribution in [1.82, 2.24) is 4.98 Å². The zero-order chi connectivity index (χ0) is 24.2. The van der Waals surface area contributed by atoms with Crippen LogP contribution in [-0.4, -0.2) is 17.6 Å². The van der Waals surface area contributed by atoms with Crippen LogP contribution in [0, 0.1) is 11.6 Å². The SMILES string of the molecule is CCOC(=O)c1cc(C2=C(c3cc(Cl)cnc3OCc3ccc(F)cc3Cl)CCC2)ccc1F. The number of esters is 1. The van der Waals surface area contributed by atoms with Crippen LogP contribution in [0.1, 0.15) is 53.2 Å². The summed E-state index contributed by atoms with van der Waals surface area (Å²) in [6, 6.07) is 10.3. The van der Waals surface area contributed by atoms with Crippen LogP contribution >= 0.6 is 23.2 Å². The molecule has 4 rings (SSSR count). The van der Waals surface area contributed by atoms with Crippen molar-refractivity contribution in [1.29, 1.82) is 0 Å². The second kappa shape index (κ2) is 10.5. The highest BCUT2D eigenvalue weighted by molar-refractivity contribution is 6.31. The lowest BCUT2D eigenvalue weighted by atomic mass is 9.96. The first-order valence-electron chi connectivity index (χ1n) is 10.8. The van der Waals surface area contributed by atoms with Crippen LogP contribution in [0.15, 0.2) is 48.7 Å². The minimum Gasteiger partial charge on any atom is -0.472 e. The fraction of sp³-hybridized carbons (Fsp3) is 0.231. The lowest BCUT2D eigenvalue weighted by molar-refractivity contribution is 0.0521. The minimum atomic E-state index is -0.702. The van der Waals surface area contributed by atoms with Crippen molar-refractivity contribution in [3.63, 3.8) is 0 Å². The van der Waals surface area contributed by atoms with Gasteiger partial charge in [0, 0.05) is 17.3 Å². The molecule has 2 aromatic carbocycles. The Balaban J connectivity index is 1.71. The predicted molar refractivity (Wildman–Crippen MR) is 128 cm³/mol. The largest absolute Gasteiger partial charge is 0.472 e. The Morgan fingerprint density at radius 2 is 1.85 bits per heavy atom. The third-order valence-electron chi connectivity index (χ3n) is 5.55. The molecule has 1 aliphatic rings. The first kappa shape index (κ1) is 24.2. The van der Waals surface area contributed by atoms with E-state index in [1.807, 2.05) is 0 Å². The molecular formula is C26H21Cl2F2NO3. The average Bonchev–Trinajstić information content (AvgIpc) is 3.29. The smallest absolute Gasteiger partial charge is 0.341 e. The molecule has 0 fully saturated rings. The average molecular weight is 504 g/mol. The van der Waals surface area contributed by atoms with Crippen molar-refractivity contribution in [2.75, 3.05) is 6.61 Å². The molecule has 0 N–H and O–H groups in total. The van der Waals surface area contributed by atoms with Gasteiger partial charge in [0.2, 0.25) is 5.88 Å². The van der Waals surface area contributed by atoms with Crippen LogP contribution in [0.3, 0.4) is 0 Å². The fourth-order valence-corrected chi connectivity index (χ4v) is 4.36. The molecule has 0 saturated heterocycles. The van der Waals surface area contributed by atoms with Gasteiger partial charge < -0.3 is 9.47 Å². The molecule has 1 aliphatic carbocycles. The number of aromatic nitrogens is 1. The third-order valence-corrected chi connectivity index (χ3v) is 6.11. The van der Waals surface area contributed by atoms with E-state index in [4.69, 9.17) is 32.7 Å². The predicted octanol–water partition coefficient (Wildman–Crippen LogP) is 7.52. The number of hydrogen-bond acceptors (Lipinski definition) is 4. The van der Waals surface area contributed by atoms with Crippen LogP contribution in [0.4, 0.5) is 8.78 Å². The maximum atomic E-state index is 14.3. The van der Waals surface area contributed by atoms with E-state index in [0.29, 0.717) is 22.0 Å². The highest BCUT2D eigenvalue weighted by Crippen LogP contribution is 2.43. The Labute approximate surface area is 206 Å². The van der Waals surface area contributed by atoms with E-state index in [2.05, 4.69) is 4.98 Å². The molecule has 0 atom stereocenters. The number of halogens is 4. The molecule has 1 heterocycles. The van der Waals surface area contributed by atoms with Gasteiger partial charge in [0.15, 0.2) is 0 Å². The summed E-state index contributed by atoms with van der Waals surface area (Å²) in [7, 11) is 0. The van der Waals surface area contributed by atoms with Crippen LogP contribution in [0.2, 0.25) is 10.0 Å². The van der Waals surface area contributed by atoms with Gasteiger partial charge in [0.1, 0.15) is 18.2 Å². The van der Waals surface area contributed by atoms with Crippen LogP contribution < -0.4 is 4.74 Å². The minimum absolute atomic E-state index is 0.0902. The number of benzene rings is 2. The second-order valence-corrected chi connectivity index (χ2v) is 8.60. The zero-order valence-corrected chi connectivity index (χ0v) is 19.9. The maximum absolute atomic E-state index is 14.3. The number of hydrogen-bond donors (Lipinski definition) is 0. The quantitative estimate of drug-likeness (QED) is 0.313. The van der Waals surface area contributed by atoms with Gasteiger partial charge >= 0.3 is 5.97 Å². The van der Waals surface area contributed by atoms with Gasteiger partial charge in [-0.3, -0.25) is 0 Å². The number of rotatable bonds is 7. The monoisotopic (exact) mass is 503 g/mol. The Kier molecular flexibility index (Phi) is 7.49. The molecule has 176 valence electrons. The number of ether oxygens (including phenoxy) is 2. The molecule has 1 aromatic heterocycles. The Bertz CT molecular complexity index is 1280. The molecule has 0 aliphatic heterocycles. The van der Waals surface area contributed by atoms with E-state index in [9.17, 15) is 13.6 Å². The molecule has 8 heteroatoms. The van der Waals surface area contributed by atoms with Gasteiger partial charge in [-0.25, -0.2) is 18.6 Å². The Hall–Kier alpha value is -2.96. The van der Waals surface area contributed by atoms with E-state index in [1.54, 1.807) is 25.1 Å². The van der Waals surface area contributed by atoms with E-state index in [1.165, 1.54) is 30.5 Å². The summed E-state index contributed by atoms with van der Waals surface area (Å²) in [5.41, 5.74) is 3.86. The highest BCUT2D eigenvalue weighted by atomic mass is 35.5. The maximum Gasteiger partial charge on any atom is 0.341 e. The van der Waals surface area contributed by atoms with Crippen LogP contribution in [0.5, 0.6) is 5.88 Å². The standard InChI is InChI=1S/C26H21Cl2F2NO3/c1-2-33-26(32)22-10-15(7-9-24(22)30)19-4-3-5-20(19)21-11-17(27)13-31-25(21)34-14-16-6-8-18(29)12-23(16)28/h6-13H,2-5,14H2,1H3. The van der Waals surface area contributed by atoms with E-state index < -0.39 is 17.6 Å². The number of carbonyl (C=O) groups excluding carboxylic acids is 1. The molecule has 34 heavy (non-hydrogen) atoms. The summed E-state index contributed by atoms with van der Waals surface area (Å²) in [4.78, 5) is 16.5.